The highest BCUT2D eigenvalue weighted by atomic mass is 16.6. The Balaban J connectivity index is 2.19. The number of anilines is 1. The highest BCUT2D eigenvalue weighted by Gasteiger charge is 2.32. The van der Waals surface area contributed by atoms with Gasteiger partial charge in [-0.2, -0.15) is 0 Å². The van der Waals surface area contributed by atoms with Crippen molar-refractivity contribution in [3.8, 4) is 0 Å². The van der Waals surface area contributed by atoms with Crippen molar-refractivity contribution in [2.24, 2.45) is 5.73 Å². The molecule has 0 unspecified atom stereocenters. The Labute approximate surface area is 108 Å². The maximum absolute atomic E-state index is 10.9. The van der Waals surface area contributed by atoms with Crippen LogP contribution in [0.2, 0.25) is 0 Å². The van der Waals surface area contributed by atoms with Crippen LogP contribution in [0.1, 0.15) is 19.3 Å². The molecule has 0 saturated heterocycles. The molecule has 1 aromatic rings. The SMILES string of the molecule is NC1(CNc2ccc([N+](=O)[O-])cc2[N+](=O)[O-])CCC1. The van der Waals surface area contributed by atoms with Crippen molar-refractivity contribution >= 4 is 17.1 Å². The van der Waals surface area contributed by atoms with Gasteiger partial charge < -0.3 is 11.1 Å². The number of nitrogens with zero attached hydrogens (tertiary/aromatic N) is 2. The van der Waals surface area contributed by atoms with Gasteiger partial charge >= 0.3 is 0 Å². The van der Waals surface area contributed by atoms with Crippen LogP contribution in [0, 0.1) is 20.2 Å². The zero-order valence-corrected chi connectivity index (χ0v) is 10.2. The van der Waals surface area contributed by atoms with E-state index in [9.17, 15) is 20.2 Å². The average molecular weight is 266 g/mol. The van der Waals surface area contributed by atoms with Gasteiger partial charge in [0.1, 0.15) is 5.69 Å². The normalized spacial score (nSPS) is 16.5. The molecule has 0 radical (unpaired) electrons. The zero-order chi connectivity index (χ0) is 14.0. The first kappa shape index (κ1) is 13.2. The molecule has 19 heavy (non-hydrogen) atoms. The third-order valence-electron chi connectivity index (χ3n) is 3.37. The van der Waals surface area contributed by atoms with E-state index in [-0.39, 0.29) is 22.6 Å². The summed E-state index contributed by atoms with van der Waals surface area (Å²) in [7, 11) is 0. The predicted octanol–water partition coefficient (Wildman–Crippen LogP) is 1.80. The smallest absolute Gasteiger partial charge is 0.299 e. The molecule has 0 aromatic heterocycles. The van der Waals surface area contributed by atoms with Crippen LogP contribution in [-0.2, 0) is 0 Å². The number of rotatable bonds is 5. The molecule has 8 nitrogen and oxygen atoms in total. The van der Waals surface area contributed by atoms with Crippen LogP contribution in [0.5, 0.6) is 0 Å². The molecular weight excluding hydrogens is 252 g/mol. The second-order valence-electron chi connectivity index (χ2n) is 4.79. The maximum Gasteiger partial charge on any atom is 0.299 e. The van der Waals surface area contributed by atoms with E-state index in [0.717, 1.165) is 25.3 Å². The molecule has 0 heterocycles. The van der Waals surface area contributed by atoms with Crippen molar-refractivity contribution in [3.63, 3.8) is 0 Å². The molecule has 0 spiro atoms. The Bertz CT molecular complexity index is 527. The fourth-order valence-electron chi connectivity index (χ4n) is 2.01. The van der Waals surface area contributed by atoms with E-state index >= 15 is 0 Å². The van der Waals surface area contributed by atoms with Crippen LogP contribution < -0.4 is 11.1 Å². The van der Waals surface area contributed by atoms with Crippen LogP contribution in [0.15, 0.2) is 18.2 Å². The maximum atomic E-state index is 10.9. The van der Waals surface area contributed by atoms with Gasteiger partial charge in [-0.05, 0) is 25.3 Å². The van der Waals surface area contributed by atoms with Crippen molar-refractivity contribution in [3.05, 3.63) is 38.4 Å². The van der Waals surface area contributed by atoms with E-state index in [1.165, 1.54) is 12.1 Å². The lowest BCUT2D eigenvalue weighted by molar-refractivity contribution is -0.393. The molecule has 0 atom stereocenters. The zero-order valence-electron chi connectivity index (χ0n) is 10.2. The lowest BCUT2D eigenvalue weighted by Crippen LogP contribution is -2.52. The average Bonchev–Trinajstić information content (AvgIpc) is 2.33. The van der Waals surface area contributed by atoms with Crippen molar-refractivity contribution in [2.45, 2.75) is 24.8 Å². The lowest BCUT2D eigenvalue weighted by Gasteiger charge is -2.38. The first-order valence-corrected chi connectivity index (χ1v) is 5.87. The summed E-state index contributed by atoms with van der Waals surface area (Å²) < 4.78 is 0. The van der Waals surface area contributed by atoms with Crippen molar-refractivity contribution in [1.29, 1.82) is 0 Å². The van der Waals surface area contributed by atoms with Crippen molar-refractivity contribution in [2.75, 3.05) is 11.9 Å². The number of hydrogen-bond acceptors (Lipinski definition) is 6. The summed E-state index contributed by atoms with van der Waals surface area (Å²) in [5.74, 6) is 0. The highest BCUT2D eigenvalue weighted by Crippen LogP contribution is 2.32. The van der Waals surface area contributed by atoms with E-state index in [4.69, 9.17) is 5.73 Å². The Hall–Kier alpha value is -2.22. The highest BCUT2D eigenvalue weighted by molar-refractivity contribution is 5.65. The second kappa shape index (κ2) is 4.81. The number of nitro groups is 2. The Morgan fingerprint density at radius 3 is 2.42 bits per heavy atom. The lowest BCUT2D eigenvalue weighted by atomic mass is 9.78. The number of nitrogens with one attached hydrogen (secondary N) is 1. The molecule has 3 N–H and O–H groups in total. The molecule has 8 heteroatoms. The van der Waals surface area contributed by atoms with Gasteiger partial charge in [-0.3, -0.25) is 20.2 Å². The van der Waals surface area contributed by atoms with Crippen molar-refractivity contribution in [1.82, 2.24) is 0 Å². The Kier molecular flexibility index (Phi) is 3.34. The molecule has 1 aromatic carbocycles. The standard InChI is InChI=1S/C11H14N4O4/c12-11(4-1-5-11)7-13-9-3-2-8(14(16)17)6-10(9)15(18)19/h2-3,6,13H,1,4-5,7,12H2. The van der Waals surface area contributed by atoms with Crippen molar-refractivity contribution < 1.29 is 9.85 Å². The summed E-state index contributed by atoms with van der Waals surface area (Å²) in [4.78, 5) is 20.2. The second-order valence-corrected chi connectivity index (χ2v) is 4.79. The predicted molar refractivity (Wildman–Crippen MR) is 69.0 cm³/mol. The van der Waals surface area contributed by atoms with Crippen LogP contribution in [0.4, 0.5) is 17.1 Å². The number of benzene rings is 1. The van der Waals surface area contributed by atoms with Gasteiger partial charge in [-0.15, -0.1) is 0 Å². The van der Waals surface area contributed by atoms with Crippen LogP contribution in [0.25, 0.3) is 0 Å². The number of hydrogen-bond donors (Lipinski definition) is 2. The van der Waals surface area contributed by atoms with E-state index in [1.54, 1.807) is 0 Å². The minimum Gasteiger partial charge on any atom is -0.378 e. The molecule has 2 rings (SSSR count). The largest absolute Gasteiger partial charge is 0.378 e. The van der Waals surface area contributed by atoms with E-state index < -0.39 is 9.85 Å². The van der Waals surface area contributed by atoms with E-state index in [2.05, 4.69) is 5.32 Å². The molecule has 1 aliphatic carbocycles. The first-order valence-electron chi connectivity index (χ1n) is 5.87. The topological polar surface area (TPSA) is 124 Å². The molecule has 1 aliphatic rings. The number of non-ortho nitro benzene ring substituents is 1. The van der Waals surface area contributed by atoms with Gasteiger partial charge in [0.25, 0.3) is 11.4 Å². The first-order chi connectivity index (χ1) is 8.91. The molecule has 1 fully saturated rings. The quantitative estimate of drug-likeness (QED) is 0.618. The summed E-state index contributed by atoms with van der Waals surface area (Å²) in [5.41, 5.74) is 5.34. The van der Waals surface area contributed by atoms with Crippen LogP contribution >= 0.6 is 0 Å². The molecule has 102 valence electrons. The van der Waals surface area contributed by atoms with Gasteiger partial charge in [-0.1, -0.05) is 0 Å². The van der Waals surface area contributed by atoms with E-state index in [0.29, 0.717) is 6.54 Å². The number of nitro benzene ring substituents is 2. The summed E-state index contributed by atoms with van der Waals surface area (Å²) in [6.45, 7) is 0.422. The van der Waals surface area contributed by atoms with E-state index in [1.807, 2.05) is 0 Å². The summed E-state index contributed by atoms with van der Waals surface area (Å²) >= 11 is 0. The third-order valence-corrected chi connectivity index (χ3v) is 3.37. The Morgan fingerprint density at radius 1 is 1.26 bits per heavy atom. The third kappa shape index (κ3) is 2.79. The molecule has 0 aliphatic heterocycles. The number of nitrogens with two attached hydrogens (primary N) is 1. The van der Waals surface area contributed by atoms with Gasteiger partial charge in [0.05, 0.1) is 15.9 Å². The fraction of sp³-hybridized carbons (Fsp3) is 0.455. The minimum absolute atomic E-state index is 0.257. The summed E-state index contributed by atoms with van der Waals surface area (Å²) in [6.07, 6.45) is 2.81. The molecule has 0 amide bonds. The molecule has 0 bridgehead atoms. The van der Waals surface area contributed by atoms with Gasteiger partial charge in [0.2, 0.25) is 0 Å². The Morgan fingerprint density at radius 2 is 1.95 bits per heavy atom. The van der Waals surface area contributed by atoms with Gasteiger partial charge in [-0.25, -0.2) is 0 Å². The minimum atomic E-state index is -0.660. The van der Waals surface area contributed by atoms with Gasteiger partial charge in [0.15, 0.2) is 0 Å². The van der Waals surface area contributed by atoms with Crippen LogP contribution in [0.3, 0.4) is 0 Å². The van der Waals surface area contributed by atoms with Gasteiger partial charge in [0, 0.05) is 18.2 Å². The molecule has 1 saturated carbocycles. The molecular formula is C11H14N4O4. The fourth-order valence-corrected chi connectivity index (χ4v) is 2.01. The monoisotopic (exact) mass is 266 g/mol. The summed E-state index contributed by atoms with van der Waals surface area (Å²) in [5, 5.41) is 24.4. The summed E-state index contributed by atoms with van der Waals surface area (Å²) in [6, 6.07) is 3.53. The van der Waals surface area contributed by atoms with Crippen LogP contribution in [-0.4, -0.2) is 21.9 Å².